The fourth-order valence-electron chi connectivity index (χ4n) is 1.43. The summed E-state index contributed by atoms with van der Waals surface area (Å²) in [5.41, 5.74) is 0. The molecule has 1 rings (SSSR count). The van der Waals surface area contributed by atoms with Crippen LogP contribution in [0.4, 0.5) is 0 Å². The maximum atomic E-state index is 8.85. The number of hydrogen-bond acceptors (Lipinski definition) is 4. The van der Waals surface area contributed by atoms with E-state index in [4.69, 9.17) is 10.2 Å². The molecule has 1 heterocycles. The third kappa shape index (κ3) is 9.09. The monoisotopic (exact) mass is 234 g/mol. The SMILES string of the molecule is CC.CC.OCC(CO)CN1CCNCC1. The average molecular weight is 234 g/mol. The lowest BCUT2D eigenvalue weighted by molar-refractivity contribution is 0.104. The summed E-state index contributed by atoms with van der Waals surface area (Å²) in [5.74, 6) is 0.0306. The Morgan fingerprint density at radius 2 is 1.44 bits per heavy atom. The molecule has 0 bridgehead atoms. The number of nitrogens with zero attached hydrogens (tertiary/aromatic N) is 1. The molecule has 0 aliphatic carbocycles. The second-order valence-electron chi connectivity index (χ2n) is 3.28. The minimum absolute atomic E-state index is 0.0306. The second-order valence-corrected chi connectivity index (χ2v) is 3.28. The standard InChI is InChI=1S/C8H18N2O2.2C2H6/c11-6-8(7-12)5-10-3-1-9-2-4-10;2*1-2/h8-9,11-12H,1-7H2;2*1-2H3. The highest BCUT2D eigenvalue weighted by Gasteiger charge is 2.14. The molecule has 1 saturated heterocycles. The van der Waals surface area contributed by atoms with Gasteiger partial charge in [0.1, 0.15) is 0 Å². The summed E-state index contributed by atoms with van der Waals surface area (Å²) < 4.78 is 0. The summed E-state index contributed by atoms with van der Waals surface area (Å²) in [4.78, 5) is 2.27. The van der Waals surface area contributed by atoms with Gasteiger partial charge in [0.2, 0.25) is 0 Å². The van der Waals surface area contributed by atoms with Crippen LogP contribution in [0.5, 0.6) is 0 Å². The molecular formula is C12H30N2O2. The smallest absolute Gasteiger partial charge is 0.0493 e. The van der Waals surface area contributed by atoms with Crippen LogP contribution in [0.15, 0.2) is 0 Å². The molecule has 0 radical (unpaired) electrons. The van der Waals surface area contributed by atoms with E-state index in [1.165, 1.54) is 0 Å². The zero-order chi connectivity index (χ0) is 12.8. The van der Waals surface area contributed by atoms with Crippen molar-refractivity contribution in [1.82, 2.24) is 10.2 Å². The van der Waals surface area contributed by atoms with E-state index >= 15 is 0 Å². The Bertz CT molecular complexity index is 114. The average Bonchev–Trinajstić information content (AvgIpc) is 2.42. The van der Waals surface area contributed by atoms with Gasteiger partial charge in [-0.1, -0.05) is 27.7 Å². The van der Waals surface area contributed by atoms with E-state index in [0.717, 1.165) is 32.7 Å². The number of nitrogens with one attached hydrogen (secondary N) is 1. The van der Waals surface area contributed by atoms with Gasteiger partial charge in [0.15, 0.2) is 0 Å². The minimum atomic E-state index is 0.0306. The molecule has 100 valence electrons. The van der Waals surface area contributed by atoms with Gasteiger partial charge in [-0.3, -0.25) is 0 Å². The van der Waals surface area contributed by atoms with Gasteiger partial charge in [0.05, 0.1) is 0 Å². The highest BCUT2D eigenvalue weighted by Crippen LogP contribution is 2.00. The van der Waals surface area contributed by atoms with E-state index in [1.54, 1.807) is 0 Å². The number of hydrogen-bond donors (Lipinski definition) is 3. The van der Waals surface area contributed by atoms with Gasteiger partial charge >= 0.3 is 0 Å². The molecule has 1 aliphatic rings. The van der Waals surface area contributed by atoms with E-state index in [0.29, 0.717) is 0 Å². The molecule has 0 aromatic rings. The van der Waals surface area contributed by atoms with Crippen LogP contribution in [0.25, 0.3) is 0 Å². The highest BCUT2D eigenvalue weighted by molar-refractivity contribution is 4.70. The van der Waals surface area contributed by atoms with Crippen LogP contribution in [0.3, 0.4) is 0 Å². The molecule has 4 heteroatoms. The zero-order valence-corrected chi connectivity index (χ0v) is 11.4. The Hall–Kier alpha value is -0.160. The zero-order valence-electron chi connectivity index (χ0n) is 11.4. The number of rotatable bonds is 4. The molecule has 0 atom stereocenters. The second kappa shape index (κ2) is 14.8. The molecule has 16 heavy (non-hydrogen) atoms. The van der Waals surface area contributed by atoms with Crippen LogP contribution in [-0.2, 0) is 0 Å². The van der Waals surface area contributed by atoms with Gasteiger partial charge in [-0.25, -0.2) is 0 Å². The Morgan fingerprint density at radius 3 is 1.81 bits per heavy atom. The summed E-state index contributed by atoms with van der Waals surface area (Å²) in [7, 11) is 0. The summed E-state index contributed by atoms with van der Waals surface area (Å²) in [5, 5.41) is 21.0. The van der Waals surface area contributed by atoms with Crippen molar-refractivity contribution in [3.05, 3.63) is 0 Å². The van der Waals surface area contributed by atoms with E-state index < -0.39 is 0 Å². The quantitative estimate of drug-likeness (QED) is 0.665. The molecule has 0 saturated carbocycles. The number of aliphatic hydroxyl groups is 2. The van der Waals surface area contributed by atoms with E-state index in [1.807, 2.05) is 27.7 Å². The molecule has 4 nitrogen and oxygen atoms in total. The van der Waals surface area contributed by atoms with Gasteiger partial charge in [-0.05, 0) is 0 Å². The molecule has 0 aromatic carbocycles. The van der Waals surface area contributed by atoms with Crippen LogP contribution >= 0.6 is 0 Å². The molecule has 1 fully saturated rings. The van der Waals surface area contributed by atoms with E-state index in [-0.39, 0.29) is 19.1 Å². The maximum Gasteiger partial charge on any atom is 0.0493 e. The van der Waals surface area contributed by atoms with Crippen molar-refractivity contribution < 1.29 is 10.2 Å². The van der Waals surface area contributed by atoms with Crippen molar-refractivity contribution in [2.45, 2.75) is 27.7 Å². The van der Waals surface area contributed by atoms with Crippen molar-refractivity contribution in [3.8, 4) is 0 Å². The van der Waals surface area contributed by atoms with Crippen molar-refractivity contribution in [2.75, 3.05) is 45.9 Å². The van der Waals surface area contributed by atoms with Crippen molar-refractivity contribution in [3.63, 3.8) is 0 Å². The predicted molar refractivity (Wildman–Crippen MR) is 69.7 cm³/mol. The van der Waals surface area contributed by atoms with Crippen LogP contribution < -0.4 is 5.32 Å². The van der Waals surface area contributed by atoms with Gasteiger partial charge in [-0.15, -0.1) is 0 Å². The molecule has 1 aliphatic heterocycles. The van der Waals surface area contributed by atoms with E-state index in [9.17, 15) is 0 Å². The lowest BCUT2D eigenvalue weighted by atomic mass is 10.1. The van der Waals surface area contributed by atoms with Crippen molar-refractivity contribution in [1.29, 1.82) is 0 Å². The number of aliphatic hydroxyl groups excluding tert-OH is 2. The fraction of sp³-hybridized carbons (Fsp3) is 1.00. The van der Waals surface area contributed by atoms with E-state index in [2.05, 4.69) is 10.2 Å². The lowest BCUT2D eigenvalue weighted by Crippen LogP contribution is -2.46. The summed E-state index contributed by atoms with van der Waals surface area (Å²) >= 11 is 0. The first-order valence-corrected chi connectivity index (χ1v) is 6.51. The normalized spacial score (nSPS) is 15.9. The van der Waals surface area contributed by atoms with Crippen LogP contribution in [-0.4, -0.2) is 61.1 Å². The minimum Gasteiger partial charge on any atom is -0.396 e. The molecule has 3 N–H and O–H groups in total. The summed E-state index contributed by atoms with van der Waals surface area (Å²) in [6.45, 7) is 13.1. The predicted octanol–water partition coefficient (Wildman–Crippen LogP) is 0.545. The fourth-order valence-corrected chi connectivity index (χ4v) is 1.43. The Kier molecular flexibility index (Phi) is 16.9. The first kappa shape index (κ1) is 18.2. The third-order valence-electron chi connectivity index (χ3n) is 2.24. The highest BCUT2D eigenvalue weighted by atomic mass is 16.3. The topological polar surface area (TPSA) is 55.7 Å². The number of piperazine rings is 1. The summed E-state index contributed by atoms with van der Waals surface area (Å²) in [6.07, 6.45) is 0. The first-order valence-electron chi connectivity index (χ1n) is 6.51. The summed E-state index contributed by atoms with van der Waals surface area (Å²) in [6, 6.07) is 0. The van der Waals surface area contributed by atoms with Crippen LogP contribution in [0, 0.1) is 5.92 Å². The Labute approximate surface area is 101 Å². The maximum absolute atomic E-state index is 8.85. The Balaban J connectivity index is 0. The first-order chi connectivity index (χ1) is 7.86. The van der Waals surface area contributed by atoms with Gasteiger partial charge < -0.3 is 20.4 Å². The third-order valence-corrected chi connectivity index (χ3v) is 2.24. The molecule has 0 aromatic heterocycles. The van der Waals surface area contributed by atoms with Crippen molar-refractivity contribution >= 4 is 0 Å². The van der Waals surface area contributed by atoms with Gasteiger partial charge in [0, 0.05) is 51.9 Å². The Morgan fingerprint density at radius 1 is 1.00 bits per heavy atom. The van der Waals surface area contributed by atoms with Crippen LogP contribution in [0.2, 0.25) is 0 Å². The largest absolute Gasteiger partial charge is 0.396 e. The molecule has 0 spiro atoms. The van der Waals surface area contributed by atoms with Crippen LogP contribution in [0.1, 0.15) is 27.7 Å². The molecule has 0 unspecified atom stereocenters. The van der Waals surface area contributed by atoms with Gasteiger partial charge in [0.25, 0.3) is 0 Å². The molecular weight excluding hydrogens is 204 g/mol. The van der Waals surface area contributed by atoms with Gasteiger partial charge in [-0.2, -0.15) is 0 Å². The lowest BCUT2D eigenvalue weighted by Gasteiger charge is -2.29. The molecule has 0 amide bonds. The van der Waals surface area contributed by atoms with Crippen molar-refractivity contribution in [2.24, 2.45) is 5.92 Å².